The summed E-state index contributed by atoms with van der Waals surface area (Å²) in [7, 11) is 0. The Labute approximate surface area is 122 Å². The average Bonchev–Trinajstić information content (AvgIpc) is 2.38. The quantitative estimate of drug-likeness (QED) is 0.839. The summed E-state index contributed by atoms with van der Waals surface area (Å²) in [5, 5.41) is 4.39. The SMILES string of the molecule is C[C@H](NCc1c(F)cccc1Cl)c1ccc(Cl)cc1. The van der Waals surface area contributed by atoms with Crippen molar-refractivity contribution < 1.29 is 4.39 Å². The average molecular weight is 298 g/mol. The van der Waals surface area contributed by atoms with E-state index < -0.39 is 0 Å². The molecule has 0 fully saturated rings. The Morgan fingerprint density at radius 2 is 1.79 bits per heavy atom. The molecule has 0 unspecified atom stereocenters. The first-order valence-electron chi connectivity index (χ1n) is 5.99. The molecule has 1 nitrogen and oxygen atoms in total. The Hall–Kier alpha value is -1.09. The van der Waals surface area contributed by atoms with E-state index in [1.165, 1.54) is 6.07 Å². The molecule has 0 radical (unpaired) electrons. The summed E-state index contributed by atoms with van der Waals surface area (Å²) < 4.78 is 13.6. The zero-order chi connectivity index (χ0) is 13.8. The molecule has 0 amide bonds. The zero-order valence-electron chi connectivity index (χ0n) is 10.5. The molecule has 4 heteroatoms. The van der Waals surface area contributed by atoms with Crippen LogP contribution in [0.3, 0.4) is 0 Å². The van der Waals surface area contributed by atoms with Gasteiger partial charge in [0.05, 0.1) is 0 Å². The molecule has 0 bridgehead atoms. The van der Waals surface area contributed by atoms with Crippen molar-refractivity contribution in [2.75, 3.05) is 0 Å². The number of benzene rings is 2. The number of hydrogen-bond donors (Lipinski definition) is 1. The van der Waals surface area contributed by atoms with Crippen molar-refractivity contribution in [3.63, 3.8) is 0 Å². The van der Waals surface area contributed by atoms with E-state index in [1.807, 2.05) is 31.2 Å². The molecule has 2 aromatic rings. The molecule has 0 spiro atoms. The lowest BCUT2D eigenvalue weighted by Gasteiger charge is -2.15. The zero-order valence-corrected chi connectivity index (χ0v) is 12.0. The van der Waals surface area contributed by atoms with Crippen LogP contribution in [-0.2, 0) is 6.54 Å². The molecule has 100 valence electrons. The van der Waals surface area contributed by atoms with Gasteiger partial charge < -0.3 is 5.32 Å². The molecule has 19 heavy (non-hydrogen) atoms. The van der Waals surface area contributed by atoms with E-state index >= 15 is 0 Å². The fourth-order valence-corrected chi connectivity index (χ4v) is 2.18. The molecule has 0 saturated carbocycles. The second-order valence-corrected chi connectivity index (χ2v) is 5.20. The van der Waals surface area contributed by atoms with Crippen molar-refractivity contribution in [1.29, 1.82) is 0 Å². The van der Waals surface area contributed by atoms with E-state index in [9.17, 15) is 4.39 Å². The topological polar surface area (TPSA) is 12.0 Å². The highest BCUT2D eigenvalue weighted by molar-refractivity contribution is 6.31. The van der Waals surface area contributed by atoms with Gasteiger partial charge in [-0.05, 0) is 36.8 Å². The van der Waals surface area contributed by atoms with E-state index in [0.29, 0.717) is 22.2 Å². The van der Waals surface area contributed by atoms with Crippen LogP contribution in [0.1, 0.15) is 24.1 Å². The predicted octanol–water partition coefficient (Wildman–Crippen LogP) is 4.98. The van der Waals surface area contributed by atoms with Gasteiger partial charge in [0, 0.05) is 28.2 Å². The van der Waals surface area contributed by atoms with Gasteiger partial charge in [0.1, 0.15) is 5.82 Å². The molecular formula is C15H14Cl2FN. The molecule has 0 aliphatic heterocycles. The van der Waals surface area contributed by atoms with Crippen LogP contribution in [0, 0.1) is 5.82 Å². The Morgan fingerprint density at radius 3 is 2.42 bits per heavy atom. The normalized spacial score (nSPS) is 12.4. The highest BCUT2D eigenvalue weighted by Gasteiger charge is 2.09. The van der Waals surface area contributed by atoms with E-state index in [2.05, 4.69) is 5.32 Å². The van der Waals surface area contributed by atoms with Crippen molar-refractivity contribution in [3.05, 3.63) is 69.5 Å². The third kappa shape index (κ3) is 3.69. The summed E-state index contributed by atoms with van der Waals surface area (Å²) in [6, 6.07) is 12.4. The van der Waals surface area contributed by atoms with Crippen LogP contribution in [-0.4, -0.2) is 0 Å². The lowest BCUT2D eigenvalue weighted by atomic mass is 10.1. The monoisotopic (exact) mass is 297 g/mol. The van der Waals surface area contributed by atoms with Gasteiger partial charge in [-0.3, -0.25) is 0 Å². The van der Waals surface area contributed by atoms with Crippen molar-refractivity contribution in [2.24, 2.45) is 0 Å². The third-order valence-electron chi connectivity index (χ3n) is 3.02. The van der Waals surface area contributed by atoms with Crippen molar-refractivity contribution >= 4 is 23.2 Å². The molecule has 0 saturated heterocycles. The number of hydrogen-bond acceptors (Lipinski definition) is 1. The highest BCUT2D eigenvalue weighted by atomic mass is 35.5. The highest BCUT2D eigenvalue weighted by Crippen LogP contribution is 2.21. The number of nitrogens with one attached hydrogen (secondary N) is 1. The minimum atomic E-state index is -0.289. The molecule has 0 aromatic heterocycles. The first kappa shape index (κ1) is 14.3. The Bertz CT molecular complexity index is 534. The maximum Gasteiger partial charge on any atom is 0.129 e. The van der Waals surface area contributed by atoms with Crippen molar-refractivity contribution in [1.82, 2.24) is 5.32 Å². The van der Waals surface area contributed by atoms with Crippen LogP contribution in [0.15, 0.2) is 42.5 Å². The molecule has 1 N–H and O–H groups in total. The Kier molecular flexibility index (Phi) is 4.81. The smallest absolute Gasteiger partial charge is 0.129 e. The molecule has 2 rings (SSSR count). The summed E-state index contributed by atoms with van der Waals surface area (Å²) in [5.41, 5.74) is 1.59. The van der Waals surface area contributed by atoms with Crippen molar-refractivity contribution in [2.45, 2.75) is 19.5 Å². The largest absolute Gasteiger partial charge is 0.306 e. The number of rotatable bonds is 4. The fourth-order valence-electron chi connectivity index (χ4n) is 1.83. The van der Waals surface area contributed by atoms with Crippen LogP contribution in [0.2, 0.25) is 10.0 Å². The predicted molar refractivity (Wildman–Crippen MR) is 78.1 cm³/mol. The summed E-state index contributed by atoms with van der Waals surface area (Å²) in [4.78, 5) is 0. The van der Waals surface area contributed by atoms with E-state index in [4.69, 9.17) is 23.2 Å². The van der Waals surface area contributed by atoms with Crippen LogP contribution in [0.25, 0.3) is 0 Å². The van der Waals surface area contributed by atoms with Crippen LogP contribution in [0.5, 0.6) is 0 Å². The van der Waals surface area contributed by atoms with E-state index in [-0.39, 0.29) is 11.9 Å². The van der Waals surface area contributed by atoms with Gasteiger partial charge >= 0.3 is 0 Å². The van der Waals surface area contributed by atoms with Crippen LogP contribution >= 0.6 is 23.2 Å². The third-order valence-corrected chi connectivity index (χ3v) is 3.62. The first-order chi connectivity index (χ1) is 9.08. The second-order valence-electron chi connectivity index (χ2n) is 4.35. The Morgan fingerprint density at radius 1 is 1.11 bits per heavy atom. The minimum absolute atomic E-state index is 0.0907. The van der Waals surface area contributed by atoms with Gasteiger partial charge in [-0.15, -0.1) is 0 Å². The standard InChI is InChI=1S/C15H14Cl2FN/c1-10(11-5-7-12(16)8-6-11)19-9-13-14(17)3-2-4-15(13)18/h2-8,10,19H,9H2,1H3/t10-/m0/s1. The summed E-state index contributed by atoms with van der Waals surface area (Å²) in [5.74, 6) is -0.289. The fraction of sp³-hybridized carbons (Fsp3) is 0.200. The molecular weight excluding hydrogens is 284 g/mol. The maximum atomic E-state index is 13.6. The maximum absolute atomic E-state index is 13.6. The van der Waals surface area contributed by atoms with Gasteiger partial charge in [-0.2, -0.15) is 0 Å². The summed E-state index contributed by atoms with van der Waals surface area (Å²) in [6.45, 7) is 2.40. The van der Waals surface area contributed by atoms with Gasteiger partial charge in [0.15, 0.2) is 0 Å². The second kappa shape index (κ2) is 6.38. The van der Waals surface area contributed by atoms with Crippen molar-refractivity contribution in [3.8, 4) is 0 Å². The summed E-state index contributed by atoms with van der Waals surface area (Å²) in [6.07, 6.45) is 0. The van der Waals surface area contributed by atoms with Gasteiger partial charge in [-0.25, -0.2) is 4.39 Å². The van der Waals surface area contributed by atoms with Crippen LogP contribution in [0.4, 0.5) is 4.39 Å². The summed E-state index contributed by atoms with van der Waals surface area (Å²) >= 11 is 11.8. The molecule has 2 aromatic carbocycles. The van der Waals surface area contributed by atoms with Gasteiger partial charge in [0.2, 0.25) is 0 Å². The molecule has 1 atom stereocenters. The van der Waals surface area contributed by atoms with Gasteiger partial charge in [0.25, 0.3) is 0 Å². The lowest BCUT2D eigenvalue weighted by Crippen LogP contribution is -2.19. The number of halogens is 3. The lowest BCUT2D eigenvalue weighted by molar-refractivity contribution is 0.544. The molecule has 0 aliphatic rings. The first-order valence-corrected chi connectivity index (χ1v) is 6.75. The van der Waals surface area contributed by atoms with E-state index in [0.717, 1.165) is 5.56 Å². The molecule has 0 heterocycles. The van der Waals surface area contributed by atoms with E-state index in [1.54, 1.807) is 12.1 Å². The molecule has 0 aliphatic carbocycles. The van der Waals surface area contributed by atoms with Gasteiger partial charge in [-0.1, -0.05) is 41.4 Å². The van der Waals surface area contributed by atoms with Crippen LogP contribution < -0.4 is 5.32 Å². The minimum Gasteiger partial charge on any atom is -0.306 e. The Balaban J connectivity index is 2.04.